The van der Waals surface area contributed by atoms with Gasteiger partial charge in [-0.25, -0.2) is 13.1 Å². The van der Waals surface area contributed by atoms with E-state index in [2.05, 4.69) is 15.6 Å². The third-order valence-corrected chi connectivity index (χ3v) is 5.76. The van der Waals surface area contributed by atoms with Crippen LogP contribution in [-0.2, 0) is 14.8 Å². The third-order valence-electron chi connectivity index (χ3n) is 3.98. The monoisotopic (exact) mass is 463 g/mol. The molecule has 2 aromatic rings. The smallest absolute Gasteiger partial charge is 0.279 e. The SMILES string of the molecule is CCOc1ccc(OC(C)C(=O)NNC(=O)c2ccc(S(=O)(=O)NC(C)(C)C)cc2)cc1. The Morgan fingerprint density at radius 3 is 2.03 bits per heavy atom. The fraction of sp³-hybridized carbons (Fsp3) is 0.364. The van der Waals surface area contributed by atoms with E-state index in [0.717, 1.165) is 0 Å². The largest absolute Gasteiger partial charge is 0.494 e. The second-order valence-corrected chi connectivity index (χ2v) is 9.67. The topological polar surface area (TPSA) is 123 Å². The average molecular weight is 464 g/mol. The standard InChI is InChI=1S/C22H29N3O6S/c1-6-30-17-9-11-18(12-10-17)31-15(2)20(26)23-24-21(27)16-7-13-19(14-8-16)32(28,29)25-22(3,4)5/h7-15,25H,6H2,1-5H3,(H,23,26)(H,24,27). The van der Waals surface area contributed by atoms with Crippen LogP contribution in [0.5, 0.6) is 11.5 Å². The second-order valence-electron chi connectivity index (χ2n) is 7.99. The first-order chi connectivity index (χ1) is 14.9. The second kappa shape index (κ2) is 10.5. The molecule has 0 aliphatic carbocycles. The zero-order chi connectivity index (χ0) is 23.9. The Morgan fingerprint density at radius 1 is 0.938 bits per heavy atom. The lowest BCUT2D eigenvalue weighted by atomic mass is 10.1. The van der Waals surface area contributed by atoms with Crippen LogP contribution in [0.1, 0.15) is 45.0 Å². The number of rotatable bonds is 8. The molecule has 9 nitrogen and oxygen atoms in total. The summed E-state index contributed by atoms with van der Waals surface area (Å²) in [5, 5.41) is 0. The van der Waals surface area contributed by atoms with Crippen molar-refractivity contribution >= 4 is 21.8 Å². The van der Waals surface area contributed by atoms with Crippen molar-refractivity contribution in [2.75, 3.05) is 6.61 Å². The van der Waals surface area contributed by atoms with E-state index in [0.29, 0.717) is 18.1 Å². The predicted molar refractivity (Wildman–Crippen MR) is 120 cm³/mol. The minimum absolute atomic E-state index is 0.0328. The quantitative estimate of drug-likeness (QED) is 0.517. The van der Waals surface area contributed by atoms with Crippen LogP contribution in [-0.4, -0.2) is 38.5 Å². The molecule has 0 saturated carbocycles. The Morgan fingerprint density at radius 2 is 1.50 bits per heavy atom. The van der Waals surface area contributed by atoms with Crippen LogP contribution in [0.2, 0.25) is 0 Å². The number of carbonyl (C=O) groups excluding carboxylic acids is 2. The van der Waals surface area contributed by atoms with E-state index in [1.165, 1.54) is 24.3 Å². The molecule has 1 unspecified atom stereocenters. The molecule has 0 aliphatic rings. The summed E-state index contributed by atoms with van der Waals surface area (Å²) in [6.45, 7) is 9.16. The van der Waals surface area contributed by atoms with Gasteiger partial charge in [-0.15, -0.1) is 0 Å². The van der Waals surface area contributed by atoms with Crippen molar-refractivity contribution < 1.29 is 27.5 Å². The number of benzene rings is 2. The molecular weight excluding hydrogens is 434 g/mol. The molecule has 2 amide bonds. The van der Waals surface area contributed by atoms with E-state index in [1.807, 2.05) is 6.92 Å². The van der Waals surface area contributed by atoms with E-state index >= 15 is 0 Å². The van der Waals surface area contributed by atoms with Crippen LogP contribution in [0.15, 0.2) is 53.4 Å². The van der Waals surface area contributed by atoms with Gasteiger partial charge in [0.25, 0.3) is 11.8 Å². The molecule has 2 aromatic carbocycles. The first-order valence-electron chi connectivity index (χ1n) is 10.0. The van der Waals surface area contributed by atoms with Gasteiger partial charge in [-0.3, -0.25) is 20.4 Å². The lowest BCUT2D eigenvalue weighted by Gasteiger charge is -2.20. The maximum Gasteiger partial charge on any atom is 0.279 e. The molecule has 32 heavy (non-hydrogen) atoms. The van der Waals surface area contributed by atoms with Gasteiger partial charge in [-0.1, -0.05) is 0 Å². The molecule has 2 rings (SSSR count). The maximum atomic E-state index is 12.3. The molecule has 3 N–H and O–H groups in total. The summed E-state index contributed by atoms with van der Waals surface area (Å²) >= 11 is 0. The van der Waals surface area contributed by atoms with E-state index in [-0.39, 0.29) is 10.5 Å². The van der Waals surface area contributed by atoms with E-state index in [4.69, 9.17) is 9.47 Å². The molecule has 0 bridgehead atoms. The molecule has 10 heteroatoms. The fourth-order valence-corrected chi connectivity index (χ4v) is 4.00. The summed E-state index contributed by atoms with van der Waals surface area (Å²) in [5.41, 5.74) is 4.12. The van der Waals surface area contributed by atoms with Crippen LogP contribution < -0.4 is 25.0 Å². The Kier molecular flexibility index (Phi) is 8.23. The first kappa shape index (κ1) is 25.2. The molecule has 0 fully saturated rings. The highest BCUT2D eigenvalue weighted by Gasteiger charge is 2.22. The van der Waals surface area contributed by atoms with Crippen molar-refractivity contribution in [3.8, 4) is 11.5 Å². The average Bonchev–Trinajstić information content (AvgIpc) is 2.71. The molecule has 0 aromatic heterocycles. The zero-order valence-electron chi connectivity index (χ0n) is 18.8. The van der Waals surface area contributed by atoms with Crippen molar-refractivity contribution in [2.24, 2.45) is 0 Å². The lowest BCUT2D eigenvalue weighted by molar-refractivity contribution is -0.128. The molecule has 0 saturated heterocycles. The summed E-state index contributed by atoms with van der Waals surface area (Å²) in [6.07, 6.45) is -0.871. The number of sulfonamides is 1. The zero-order valence-corrected chi connectivity index (χ0v) is 19.6. The lowest BCUT2D eigenvalue weighted by Crippen LogP contribution is -2.47. The van der Waals surface area contributed by atoms with E-state index in [1.54, 1.807) is 52.0 Å². The number of hydrogen-bond acceptors (Lipinski definition) is 6. The Hall–Kier alpha value is -3.11. The van der Waals surface area contributed by atoms with Gasteiger partial charge in [-0.05, 0) is 83.1 Å². The summed E-state index contributed by atoms with van der Waals surface area (Å²) < 4.78 is 38.1. The van der Waals surface area contributed by atoms with E-state index in [9.17, 15) is 18.0 Å². The Bertz CT molecular complexity index is 1030. The van der Waals surface area contributed by atoms with Crippen LogP contribution >= 0.6 is 0 Å². The highest BCUT2D eigenvalue weighted by molar-refractivity contribution is 7.89. The van der Waals surface area contributed by atoms with Gasteiger partial charge >= 0.3 is 0 Å². The third kappa shape index (κ3) is 7.54. The van der Waals surface area contributed by atoms with Crippen molar-refractivity contribution in [3.05, 3.63) is 54.1 Å². The molecule has 0 heterocycles. The number of amides is 2. The van der Waals surface area contributed by atoms with Gasteiger partial charge in [0.05, 0.1) is 11.5 Å². The molecule has 174 valence electrons. The molecule has 0 aliphatic heterocycles. The number of carbonyl (C=O) groups is 2. The van der Waals surface area contributed by atoms with Gasteiger partial charge in [0, 0.05) is 11.1 Å². The number of hydrogen-bond donors (Lipinski definition) is 3. The summed E-state index contributed by atoms with van der Waals surface area (Å²) in [7, 11) is -3.71. The first-order valence-corrected chi connectivity index (χ1v) is 11.5. The van der Waals surface area contributed by atoms with E-state index < -0.39 is 33.5 Å². The predicted octanol–water partition coefficient (Wildman–Crippen LogP) is 2.39. The van der Waals surface area contributed by atoms with Gasteiger partial charge in [0.2, 0.25) is 10.0 Å². The van der Waals surface area contributed by atoms with Gasteiger partial charge in [-0.2, -0.15) is 0 Å². The van der Waals surface area contributed by atoms with Gasteiger partial charge in [0.1, 0.15) is 11.5 Å². The van der Waals surface area contributed by atoms with Crippen molar-refractivity contribution in [1.29, 1.82) is 0 Å². The Balaban J connectivity index is 1.90. The van der Waals surface area contributed by atoms with Crippen molar-refractivity contribution in [1.82, 2.24) is 15.6 Å². The highest BCUT2D eigenvalue weighted by Crippen LogP contribution is 2.18. The molecular formula is C22H29N3O6S. The van der Waals surface area contributed by atoms with Crippen molar-refractivity contribution in [3.63, 3.8) is 0 Å². The van der Waals surface area contributed by atoms with Crippen LogP contribution in [0.4, 0.5) is 0 Å². The van der Waals surface area contributed by atoms with Crippen molar-refractivity contribution in [2.45, 2.75) is 51.2 Å². The fourth-order valence-electron chi connectivity index (χ4n) is 2.58. The highest BCUT2D eigenvalue weighted by atomic mass is 32.2. The van der Waals surface area contributed by atoms with Crippen LogP contribution in [0, 0.1) is 0 Å². The Labute approximate surface area is 188 Å². The summed E-state index contributed by atoms with van der Waals surface area (Å²) in [6, 6.07) is 12.2. The molecule has 0 radical (unpaired) electrons. The number of nitrogens with one attached hydrogen (secondary N) is 3. The van der Waals surface area contributed by atoms with Crippen LogP contribution in [0.25, 0.3) is 0 Å². The molecule has 1 atom stereocenters. The minimum atomic E-state index is -3.71. The summed E-state index contributed by atoms with van der Waals surface area (Å²) in [5.74, 6) is 0.0143. The number of ether oxygens (including phenoxy) is 2. The number of hydrazine groups is 1. The van der Waals surface area contributed by atoms with Crippen LogP contribution in [0.3, 0.4) is 0 Å². The normalized spacial score (nSPS) is 12.5. The van der Waals surface area contributed by atoms with Gasteiger partial charge < -0.3 is 9.47 Å². The maximum absolute atomic E-state index is 12.3. The summed E-state index contributed by atoms with van der Waals surface area (Å²) in [4.78, 5) is 24.5. The van der Waals surface area contributed by atoms with Gasteiger partial charge in [0.15, 0.2) is 6.10 Å². The molecule has 0 spiro atoms. The minimum Gasteiger partial charge on any atom is -0.494 e.